The fourth-order valence-corrected chi connectivity index (χ4v) is 5.09. The van der Waals surface area contributed by atoms with Gasteiger partial charge >= 0.3 is 0 Å². The second-order valence-electron chi connectivity index (χ2n) is 10.9. The summed E-state index contributed by atoms with van der Waals surface area (Å²) in [6, 6.07) is 8.98. The van der Waals surface area contributed by atoms with Gasteiger partial charge in [0.15, 0.2) is 5.69 Å². The van der Waals surface area contributed by atoms with Crippen molar-refractivity contribution in [1.29, 1.82) is 0 Å². The number of imidazole rings is 1. The molecule has 47 heavy (non-hydrogen) atoms. The summed E-state index contributed by atoms with van der Waals surface area (Å²) in [6.07, 6.45) is 4.21. The summed E-state index contributed by atoms with van der Waals surface area (Å²) < 4.78 is 14.4. The van der Waals surface area contributed by atoms with Gasteiger partial charge in [-0.05, 0) is 50.6 Å². The lowest BCUT2D eigenvalue weighted by Crippen LogP contribution is -2.28. The second-order valence-corrected chi connectivity index (χ2v) is 10.9. The summed E-state index contributed by atoms with van der Waals surface area (Å²) in [5.41, 5.74) is 13.0. The number of nitrogens with one attached hydrogen (secondary N) is 2. The molecule has 1 fully saturated rings. The fourth-order valence-electron chi connectivity index (χ4n) is 5.09. The predicted molar refractivity (Wildman–Crippen MR) is 173 cm³/mol. The van der Waals surface area contributed by atoms with Crippen LogP contribution in [0.4, 0.5) is 17.3 Å². The summed E-state index contributed by atoms with van der Waals surface area (Å²) in [7, 11) is 0. The summed E-state index contributed by atoms with van der Waals surface area (Å²) in [5.74, 6) is -1.12. The Morgan fingerprint density at radius 2 is 1.89 bits per heavy atom. The summed E-state index contributed by atoms with van der Waals surface area (Å²) in [6.45, 7) is 6.10. The first-order chi connectivity index (χ1) is 22.5. The van der Waals surface area contributed by atoms with Gasteiger partial charge in [0.1, 0.15) is 11.4 Å². The Balaban J connectivity index is 1.37. The molecule has 0 spiro atoms. The van der Waals surface area contributed by atoms with Gasteiger partial charge in [-0.15, -0.1) is 0 Å². The van der Waals surface area contributed by atoms with Crippen molar-refractivity contribution < 1.29 is 28.8 Å². The highest BCUT2D eigenvalue weighted by atomic mass is 16.6. The Bertz CT molecular complexity index is 1870. The number of carbonyl (C=O) groups excluding carboxylic acids is 3. The third-order valence-corrected chi connectivity index (χ3v) is 7.60. The van der Waals surface area contributed by atoms with Gasteiger partial charge < -0.3 is 30.8 Å². The van der Waals surface area contributed by atoms with Gasteiger partial charge in [0, 0.05) is 42.7 Å². The zero-order valence-electron chi connectivity index (χ0n) is 25.9. The van der Waals surface area contributed by atoms with Crippen molar-refractivity contribution in [1.82, 2.24) is 19.3 Å². The van der Waals surface area contributed by atoms with Gasteiger partial charge in [0.2, 0.25) is 17.8 Å². The molecule has 4 aromatic rings. The molecule has 5 rings (SSSR count). The van der Waals surface area contributed by atoms with E-state index in [2.05, 4.69) is 20.7 Å². The smallest absolute Gasteiger partial charge is 0.296 e. The van der Waals surface area contributed by atoms with Crippen LogP contribution in [0, 0.1) is 23.0 Å². The maximum absolute atomic E-state index is 13.2. The number of fused-ring (bicyclic) bond motifs is 1. The number of hydrogen-bond donors (Lipinski definition) is 4. The number of rotatable bonds is 15. The first-order valence-electron chi connectivity index (χ1n) is 14.9. The van der Waals surface area contributed by atoms with E-state index in [0.717, 1.165) is 6.07 Å². The van der Waals surface area contributed by atoms with Crippen molar-refractivity contribution >= 4 is 46.1 Å². The number of nitrogens with two attached hydrogens (primary N) is 2. The molecule has 0 saturated carbocycles. The summed E-state index contributed by atoms with van der Waals surface area (Å²) >= 11 is 0. The van der Waals surface area contributed by atoms with Gasteiger partial charge in [-0.3, -0.25) is 34.5 Å². The number of carbonyl (C=O) groups is 3. The molecule has 246 valence electrons. The van der Waals surface area contributed by atoms with Crippen molar-refractivity contribution in [2.45, 2.75) is 33.4 Å². The molecule has 3 heterocycles. The Kier molecular flexibility index (Phi) is 9.80. The normalized spacial score (nSPS) is 13.1. The minimum atomic E-state index is -0.815. The van der Waals surface area contributed by atoms with Crippen LogP contribution in [0.3, 0.4) is 0 Å². The van der Waals surface area contributed by atoms with Crippen molar-refractivity contribution in [2.24, 2.45) is 17.4 Å². The molecule has 1 saturated heterocycles. The van der Waals surface area contributed by atoms with Crippen LogP contribution in [0.2, 0.25) is 0 Å². The lowest BCUT2D eigenvalue weighted by atomic mass is 10.1. The lowest BCUT2D eigenvalue weighted by Gasteiger charge is -2.25. The van der Waals surface area contributed by atoms with Gasteiger partial charge in [-0.25, -0.2) is 4.98 Å². The molecule has 0 radical (unpaired) electrons. The lowest BCUT2D eigenvalue weighted by molar-refractivity contribution is -0.384. The molecule has 0 aliphatic carbocycles. The zero-order valence-corrected chi connectivity index (χ0v) is 25.9. The van der Waals surface area contributed by atoms with E-state index in [1.165, 1.54) is 6.07 Å². The van der Waals surface area contributed by atoms with Crippen LogP contribution in [0.1, 0.15) is 50.2 Å². The SMILES string of the molecule is CCn1nc(C)cc1C(=O)Nc1nc2cc(C(N)=O)ccc2n1C/C=C/CNc1c(OCCC2COC2)cc(C(N)=O)cc1[N+](=O)[O-]. The first-order valence-corrected chi connectivity index (χ1v) is 14.9. The van der Waals surface area contributed by atoms with Crippen LogP contribution >= 0.6 is 0 Å². The number of ether oxygens (including phenoxy) is 2. The molecule has 6 N–H and O–H groups in total. The average Bonchev–Trinajstić information content (AvgIpc) is 3.56. The van der Waals surface area contributed by atoms with E-state index in [4.69, 9.17) is 20.9 Å². The minimum absolute atomic E-state index is 0.0435. The molecule has 2 aromatic heterocycles. The molecule has 1 aliphatic rings. The largest absolute Gasteiger partial charge is 0.491 e. The second kappa shape index (κ2) is 14.1. The molecule has 3 amide bonds. The van der Waals surface area contributed by atoms with Gasteiger partial charge in [-0.2, -0.15) is 5.10 Å². The van der Waals surface area contributed by atoms with E-state index in [0.29, 0.717) is 54.5 Å². The van der Waals surface area contributed by atoms with Crippen LogP contribution < -0.4 is 26.8 Å². The molecule has 1 aliphatic heterocycles. The van der Waals surface area contributed by atoms with Gasteiger partial charge in [0.25, 0.3) is 11.6 Å². The number of anilines is 2. The van der Waals surface area contributed by atoms with Gasteiger partial charge in [0.05, 0.1) is 41.5 Å². The maximum atomic E-state index is 13.2. The van der Waals surface area contributed by atoms with Crippen LogP contribution in [-0.4, -0.2) is 68.3 Å². The molecule has 16 nitrogen and oxygen atoms in total. The molecule has 0 atom stereocenters. The van der Waals surface area contributed by atoms with Crippen molar-refractivity contribution in [3.8, 4) is 5.75 Å². The number of nitrogens with zero attached hydrogens (tertiary/aromatic N) is 5. The highest BCUT2D eigenvalue weighted by molar-refractivity contribution is 6.03. The quantitative estimate of drug-likeness (QED) is 0.0840. The van der Waals surface area contributed by atoms with Gasteiger partial charge in [-0.1, -0.05) is 12.2 Å². The zero-order chi connectivity index (χ0) is 33.7. The van der Waals surface area contributed by atoms with Crippen LogP contribution in [0.5, 0.6) is 5.75 Å². The average molecular weight is 646 g/mol. The maximum Gasteiger partial charge on any atom is 0.296 e. The van der Waals surface area contributed by atoms with E-state index < -0.39 is 22.6 Å². The topological polar surface area (TPSA) is 225 Å². The van der Waals surface area contributed by atoms with Crippen molar-refractivity contribution in [3.05, 3.63) is 81.2 Å². The fraction of sp³-hybridized carbons (Fsp3) is 0.323. The highest BCUT2D eigenvalue weighted by Crippen LogP contribution is 2.36. The Morgan fingerprint density at radius 3 is 2.55 bits per heavy atom. The van der Waals surface area contributed by atoms with E-state index in [1.54, 1.807) is 52.6 Å². The predicted octanol–water partition coefficient (Wildman–Crippen LogP) is 3.00. The van der Waals surface area contributed by atoms with E-state index in [-0.39, 0.29) is 53.9 Å². The summed E-state index contributed by atoms with van der Waals surface area (Å²) in [4.78, 5) is 52.8. The number of hydrogen-bond acceptors (Lipinski definition) is 10. The van der Waals surface area contributed by atoms with E-state index >= 15 is 0 Å². The molecule has 0 unspecified atom stereocenters. The standard InChI is InChI=1S/C31H35N9O7/c1-3-39-25(12-18(2)37-39)30(43)36-31-35-22-13-20(28(32)41)6-7-23(22)38(31)10-5-4-9-34-27-24(40(44)45)14-21(29(33)42)15-26(27)47-11-8-19-16-46-17-19/h4-7,12-15,19,34H,3,8-11,16-17H2,1-2H3,(H2,32,41)(H2,33,42)(H,35,36,43)/b5-4+. The van der Waals surface area contributed by atoms with Crippen molar-refractivity contribution in [3.63, 3.8) is 0 Å². The first kappa shape index (κ1) is 32.6. The highest BCUT2D eigenvalue weighted by Gasteiger charge is 2.24. The summed E-state index contributed by atoms with van der Waals surface area (Å²) in [5, 5.41) is 22.1. The van der Waals surface area contributed by atoms with E-state index in [1.807, 2.05) is 6.92 Å². The molecular weight excluding hydrogens is 610 g/mol. The number of aromatic nitrogens is 4. The van der Waals surface area contributed by atoms with E-state index in [9.17, 15) is 24.5 Å². The molecular formula is C31H35N9O7. The number of benzene rings is 2. The molecule has 0 bridgehead atoms. The third-order valence-electron chi connectivity index (χ3n) is 7.60. The Labute approximate surface area is 268 Å². The third kappa shape index (κ3) is 7.38. The molecule has 2 aromatic carbocycles. The van der Waals surface area contributed by atoms with Crippen molar-refractivity contribution in [2.75, 3.05) is 37.0 Å². The Hall–Kier alpha value is -5.77. The Morgan fingerprint density at radius 1 is 1.13 bits per heavy atom. The minimum Gasteiger partial charge on any atom is -0.491 e. The van der Waals surface area contributed by atoms with Crippen LogP contribution in [0.15, 0.2) is 48.6 Å². The van der Waals surface area contributed by atoms with Crippen LogP contribution in [0.25, 0.3) is 11.0 Å². The molecule has 16 heteroatoms. The number of nitro benzene ring substituents is 1. The number of nitro groups is 1. The number of primary amides is 2. The van der Waals surface area contributed by atoms with Crippen LogP contribution in [-0.2, 0) is 17.8 Å². The number of allylic oxidation sites excluding steroid dienone is 1. The number of amides is 3. The monoisotopic (exact) mass is 645 g/mol. The number of aryl methyl sites for hydroxylation is 2.